The van der Waals surface area contributed by atoms with E-state index in [0.717, 1.165) is 30.3 Å². The molecule has 0 amide bonds. The molecule has 172 valence electrons. The standard InChI is InChI=1S/C19H16ClF3N2O6S/c1-2-24-14(17(26)27)9-32-18(28)12-8-11(4-5-15(12)25(29)30)31-16-6-3-10(7-13(16)20)19(21,22)23/h3-8,14,24H,2,9H2,1H3,(H,26,27). The summed E-state index contributed by atoms with van der Waals surface area (Å²) in [6, 6.07) is 4.56. The van der Waals surface area contributed by atoms with Crippen LogP contribution in [0.4, 0.5) is 18.9 Å². The van der Waals surface area contributed by atoms with Crippen molar-refractivity contribution in [1.82, 2.24) is 5.32 Å². The van der Waals surface area contributed by atoms with Gasteiger partial charge in [-0.3, -0.25) is 19.7 Å². The summed E-state index contributed by atoms with van der Waals surface area (Å²) >= 11 is 6.41. The van der Waals surface area contributed by atoms with Crippen LogP contribution < -0.4 is 10.1 Å². The van der Waals surface area contributed by atoms with Crippen LogP contribution >= 0.6 is 23.4 Å². The molecule has 0 aliphatic rings. The Morgan fingerprint density at radius 2 is 1.97 bits per heavy atom. The number of hydrogen-bond donors (Lipinski definition) is 2. The van der Waals surface area contributed by atoms with Gasteiger partial charge in [0.25, 0.3) is 5.69 Å². The van der Waals surface area contributed by atoms with Crippen LogP contribution in [-0.4, -0.2) is 39.5 Å². The number of halogens is 4. The molecule has 0 aliphatic heterocycles. The largest absolute Gasteiger partial charge is 0.480 e. The molecule has 0 radical (unpaired) electrons. The summed E-state index contributed by atoms with van der Waals surface area (Å²) in [5.74, 6) is -1.61. The van der Waals surface area contributed by atoms with Crippen LogP contribution in [0.3, 0.4) is 0 Å². The summed E-state index contributed by atoms with van der Waals surface area (Å²) in [6.07, 6.45) is -4.60. The van der Waals surface area contributed by atoms with Crippen molar-refractivity contribution >= 4 is 40.1 Å². The highest BCUT2D eigenvalue weighted by molar-refractivity contribution is 8.14. The van der Waals surface area contributed by atoms with Crippen molar-refractivity contribution in [3.63, 3.8) is 0 Å². The first-order chi connectivity index (χ1) is 14.9. The van der Waals surface area contributed by atoms with Gasteiger partial charge in [0.15, 0.2) is 0 Å². The van der Waals surface area contributed by atoms with E-state index in [-0.39, 0.29) is 27.8 Å². The van der Waals surface area contributed by atoms with Crippen molar-refractivity contribution in [1.29, 1.82) is 0 Å². The predicted octanol–water partition coefficient (Wildman–Crippen LogP) is 5.00. The van der Waals surface area contributed by atoms with Crippen molar-refractivity contribution in [3.05, 3.63) is 62.7 Å². The van der Waals surface area contributed by atoms with E-state index in [1.165, 1.54) is 0 Å². The number of likely N-dealkylation sites (N-methyl/N-ethyl adjacent to an activating group) is 1. The molecular weight excluding hydrogens is 477 g/mol. The number of carbonyl (C=O) groups excluding carboxylic acids is 1. The highest BCUT2D eigenvalue weighted by Gasteiger charge is 2.31. The van der Waals surface area contributed by atoms with E-state index in [9.17, 15) is 32.9 Å². The molecule has 2 aromatic rings. The third-order valence-electron chi connectivity index (χ3n) is 4.00. The first kappa shape index (κ1) is 25.4. The lowest BCUT2D eigenvalue weighted by Gasteiger charge is -2.13. The second-order valence-electron chi connectivity index (χ2n) is 6.23. The Balaban J connectivity index is 2.29. The van der Waals surface area contributed by atoms with Crippen molar-refractivity contribution in [2.75, 3.05) is 12.3 Å². The van der Waals surface area contributed by atoms with Crippen molar-refractivity contribution < 1.29 is 37.5 Å². The molecule has 2 rings (SSSR count). The fourth-order valence-electron chi connectivity index (χ4n) is 2.49. The van der Waals surface area contributed by atoms with Crippen molar-refractivity contribution in [2.24, 2.45) is 0 Å². The van der Waals surface area contributed by atoms with Crippen molar-refractivity contribution in [3.8, 4) is 11.5 Å². The van der Waals surface area contributed by atoms with Gasteiger partial charge in [0.2, 0.25) is 5.12 Å². The van der Waals surface area contributed by atoms with Crippen LogP contribution in [0.15, 0.2) is 36.4 Å². The lowest BCUT2D eigenvalue weighted by Crippen LogP contribution is -2.38. The summed E-state index contributed by atoms with van der Waals surface area (Å²) < 4.78 is 43.7. The van der Waals surface area contributed by atoms with Gasteiger partial charge >= 0.3 is 12.1 Å². The number of thioether (sulfide) groups is 1. The summed E-state index contributed by atoms with van der Waals surface area (Å²) in [6.45, 7) is 2.02. The molecule has 0 aliphatic carbocycles. The summed E-state index contributed by atoms with van der Waals surface area (Å²) in [4.78, 5) is 34.3. The molecule has 0 saturated carbocycles. The van der Waals surface area contributed by atoms with Gasteiger partial charge in [0, 0.05) is 11.8 Å². The van der Waals surface area contributed by atoms with Crippen LogP contribution in [0.2, 0.25) is 5.02 Å². The number of carboxylic acid groups (broad SMARTS) is 1. The average Bonchev–Trinajstić information content (AvgIpc) is 2.71. The maximum absolute atomic E-state index is 12.8. The second kappa shape index (κ2) is 10.7. The van der Waals surface area contributed by atoms with Gasteiger partial charge in [0.05, 0.1) is 15.5 Å². The molecule has 2 N–H and O–H groups in total. The molecule has 0 aromatic heterocycles. The zero-order valence-corrected chi connectivity index (χ0v) is 17.9. The monoisotopic (exact) mass is 492 g/mol. The maximum Gasteiger partial charge on any atom is 0.416 e. The number of alkyl halides is 3. The van der Waals surface area contributed by atoms with Crippen LogP contribution in [0.25, 0.3) is 0 Å². The quantitative estimate of drug-likeness (QED) is 0.371. The van der Waals surface area contributed by atoms with E-state index in [1.807, 2.05) is 0 Å². The Hall–Kier alpha value is -2.83. The Labute approximate surface area is 188 Å². The summed E-state index contributed by atoms with van der Waals surface area (Å²) in [5, 5.41) is 22.0. The van der Waals surface area contributed by atoms with Crippen LogP contribution in [0, 0.1) is 10.1 Å². The average molecular weight is 493 g/mol. The zero-order valence-electron chi connectivity index (χ0n) is 16.3. The zero-order chi connectivity index (χ0) is 24.1. The Morgan fingerprint density at radius 3 is 2.50 bits per heavy atom. The highest BCUT2D eigenvalue weighted by atomic mass is 35.5. The minimum Gasteiger partial charge on any atom is -0.480 e. The SMILES string of the molecule is CCNC(CSC(=O)c1cc(Oc2ccc(C(F)(F)F)cc2Cl)ccc1[N+](=O)[O-])C(=O)O. The lowest BCUT2D eigenvalue weighted by atomic mass is 10.2. The maximum atomic E-state index is 12.8. The van der Waals surface area contributed by atoms with Gasteiger partial charge in [-0.1, -0.05) is 30.3 Å². The Morgan fingerprint density at radius 1 is 1.28 bits per heavy atom. The number of hydrogen-bond acceptors (Lipinski definition) is 7. The van der Waals surface area contributed by atoms with E-state index in [1.54, 1.807) is 6.92 Å². The van der Waals surface area contributed by atoms with Gasteiger partial charge < -0.3 is 15.2 Å². The molecule has 0 saturated heterocycles. The van der Waals surface area contributed by atoms with Gasteiger partial charge in [-0.2, -0.15) is 13.2 Å². The van der Waals surface area contributed by atoms with Gasteiger partial charge in [-0.25, -0.2) is 0 Å². The Kier molecular flexibility index (Phi) is 8.47. The smallest absolute Gasteiger partial charge is 0.416 e. The second-order valence-corrected chi connectivity index (χ2v) is 7.63. The number of ether oxygens (including phenoxy) is 1. The number of rotatable bonds is 9. The molecule has 2 aromatic carbocycles. The molecule has 8 nitrogen and oxygen atoms in total. The number of aliphatic carboxylic acids is 1. The Bertz CT molecular complexity index is 1030. The normalized spacial score (nSPS) is 12.3. The number of nitrogens with zero attached hydrogens (tertiary/aromatic N) is 1. The minimum absolute atomic E-state index is 0.0809. The topological polar surface area (TPSA) is 119 Å². The molecule has 1 atom stereocenters. The molecule has 13 heteroatoms. The number of nitro benzene ring substituents is 1. The first-order valence-corrected chi connectivity index (χ1v) is 10.3. The third kappa shape index (κ3) is 6.58. The van der Waals surface area contributed by atoms with E-state index in [0.29, 0.717) is 24.4 Å². The first-order valence-electron chi connectivity index (χ1n) is 8.90. The van der Waals surface area contributed by atoms with Crippen molar-refractivity contribution in [2.45, 2.75) is 19.1 Å². The molecular formula is C19H16ClF3N2O6S. The minimum atomic E-state index is -4.60. The van der Waals surface area contributed by atoms with E-state index < -0.39 is 39.5 Å². The summed E-state index contributed by atoms with van der Waals surface area (Å²) in [7, 11) is 0. The number of benzene rings is 2. The van der Waals surface area contributed by atoms with E-state index in [4.69, 9.17) is 21.4 Å². The van der Waals surface area contributed by atoms with E-state index in [2.05, 4.69) is 5.32 Å². The molecule has 0 heterocycles. The van der Waals surface area contributed by atoms with Gasteiger partial charge in [-0.05, 0) is 36.9 Å². The summed E-state index contributed by atoms with van der Waals surface area (Å²) in [5.41, 5.74) is -1.88. The number of carboxylic acids is 1. The molecule has 1 unspecified atom stereocenters. The lowest BCUT2D eigenvalue weighted by molar-refractivity contribution is -0.385. The van der Waals surface area contributed by atoms with Crippen LogP contribution in [0.1, 0.15) is 22.8 Å². The van der Waals surface area contributed by atoms with E-state index >= 15 is 0 Å². The number of nitro groups is 1. The fourth-order valence-corrected chi connectivity index (χ4v) is 3.61. The molecule has 32 heavy (non-hydrogen) atoms. The number of carbonyl (C=O) groups is 2. The van der Waals surface area contributed by atoms with Gasteiger partial charge in [-0.15, -0.1) is 0 Å². The fraction of sp³-hybridized carbons (Fsp3) is 0.263. The molecule has 0 spiro atoms. The van der Waals surface area contributed by atoms with Gasteiger partial charge in [0.1, 0.15) is 23.1 Å². The molecule has 0 bridgehead atoms. The van der Waals surface area contributed by atoms with Crippen LogP contribution in [-0.2, 0) is 11.0 Å². The predicted molar refractivity (Wildman–Crippen MR) is 112 cm³/mol. The third-order valence-corrected chi connectivity index (χ3v) is 5.28. The highest BCUT2D eigenvalue weighted by Crippen LogP contribution is 2.37. The van der Waals surface area contributed by atoms with Crippen LogP contribution in [0.5, 0.6) is 11.5 Å². The molecule has 0 fully saturated rings. The number of nitrogens with one attached hydrogen (secondary N) is 1.